The van der Waals surface area contributed by atoms with E-state index in [9.17, 15) is 9.59 Å². The number of carbonyl (C=O) groups excluding carboxylic acids is 1. The molecule has 1 saturated heterocycles. The molecule has 1 unspecified atom stereocenters. The Morgan fingerprint density at radius 2 is 1.85 bits per heavy atom. The number of hydrogen-bond acceptors (Lipinski definition) is 5. The molecular weight excluding hydrogens is 348 g/mol. The van der Waals surface area contributed by atoms with E-state index in [1.165, 1.54) is 0 Å². The van der Waals surface area contributed by atoms with E-state index in [4.69, 9.17) is 14.6 Å². The van der Waals surface area contributed by atoms with Crippen molar-refractivity contribution in [2.24, 2.45) is 0 Å². The number of ether oxygens (including phenoxy) is 2. The van der Waals surface area contributed by atoms with Gasteiger partial charge in [-0.25, -0.2) is 0 Å². The summed E-state index contributed by atoms with van der Waals surface area (Å²) in [5, 5.41) is 8.98. The van der Waals surface area contributed by atoms with E-state index in [-0.39, 0.29) is 18.5 Å². The Kier molecular flexibility index (Phi) is 7.91. The van der Waals surface area contributed by atoms with Crippen molar-refractivity contribution in [3.8, 4) is 11.5 Å². The average Bonchev–Trinajstić information content (AvgIpc) is 2.88. The van der Waals surface area contributed by atoms with Crippen LogP contribution in [0.3, 0.4) is 0 Å². The van der Waals surface area contributed by atoms with E-state index in [1.807, 2.05) is 30.7 Å². The van der Waals surface area contributed by atoms with Gasteiger partial charge in [-0.05, 0) is 58.4 Å². The fourth-order valence-electron chi connectivity index (χ4n) is 3.43. The van der Waals surface area contributed by atoms with E-state index in [1.54, 1.807) is 18.2 Å². The lowest BCUT2D eigenvalue weighted by molar-refractivity contribution is -0.138. The monoisotopic (exact) mass is 378 g/mol. The summed E-state index contributed by atoms with van der Waals surface area (Å²) in [6.07, 6.45) is 2.52. The molecule has 0 aliphatic carbocycles. The summed E-state index contributed by atoms with van der Waals surface area (Å²) < 4.78 is 11.2. The molecule has 0 saturated carbocycles. The first-order chi connectivity index (χ1) is 13.0. The number of aliphatic carboxylic acids is 1. The van der Waals surface area contributed by atoms with Crippen LogP contribution in [0.25, 0.3) is 0 Å². The van der Waals surface area contributed by atoms with Crippen LogP contribution in [0.4, 0.5) is 0 Å². The molecule has 1 aliphatic heterocycles. The SMILES string of the molecule is CCOc1ccc(C(=O)N2CCCC(N(C)CC(=O)O)CC2)cc1OCC. The minimum atomic E-state index is -0.826. The minimum absolute atomic E-state index is 0.0230. The highest BCUT2D eigenvalue weighted by Gasteiger charge is 2.25. The smallest absolute Gasteiger partial charge is 0.317 e. The highest BCUT2D eigenvalue weighted by atomic mass is 16.5. The second-order valence-electron chi connectivity index (χ2n) is 6.71. The van der Waals surface area contributed by atoms with Crippen LogP contribution in [0.15, 0.2) is 18.2 Å². The topological polar surface area (TPSA) is 79.3 Å². The van der Waals surface area contributed by atoms with Crippen LogP contribution >= 0.6 is 0 Å². The normalized spacial score (nSPS) is 17.5. The van der Waals surface area contributed by atoms with Crippen molar-refractivity contribution in [1.29, 1.82) is 0 Å². The average molecular weight is 378 g/mol. The van der Waals surface area contributed by atoms with E-state index >= 15 is 0 Å². The van der Waals surface area contributed by atoms with Crippen molar-refractivity contribution in [2.45, 2.75) is 39.2 Å². The van der Waals surface area contributed by atoms with Gasteiger partial charge in [0.05, 0.1) is 19.8 Å². The van der Waals surface area contributed by atoms with Crippen LogP contribution in [0.2, 0.25) is 0 Å². The van der Waals surface area contributed by atoms with Gasteiger partial charge in [-0.3, -0.25) is 14.5 Å². The predicted octanol–water partition coefficient (Wildman–Crippen LogP) is 2.50. The lowest BCUT2D eigenvalue weighted by Gasteiger charge is -2.25. The summed E-state index contributed by atoms with van der Waals surface area (Å²) in [7, 11) is 1.83. The largest absolute Gasteiger partial charge is 0.490 e. The van der Waals surface area contributed by atoms with Gasteiger partial charge < -0.3 is 19.5 Å². The molecule has 0 spiro atoms. The number of benzene rings is 1. The van der Waals surface area contributed by atoms with Gasteiger partial charge in [-0.2, -0.15) is 0 Å². The summed E-state index contributed by atoms with van der Waals surface area (Å²) in [6, 6.07) is 5.48. The Hall–Kier alpha value is -2.28. The van der Waals surface area contributed by atoms with E-state index in [0.717, 1.165) is 19.3 Å². The Bertz CT molecular complexity index is 649. The number of nitrogens with zero attached hydrogens (tertiary/aromatic N) is 2. The molecule has 1 aromatic rings. The molecule has 0 bridgehead atoms. The van der Waals surface area contributed by atoms with E-state index in [0.29, 0.717) is 43.4 Å². The number of amides is 1. The molecule has 1 heterocycles. The third kappa shape index (κ3) is 5.85. The van der Waals surface area contributed by atoms with Crippen molar-refractivity contribution >= 4 is 11.9 Å². The number of likely N-dealkylation sites (tertiary alicyclic amines) is 1. The van der Waals surface area contributed by atoms with Gasteiger partial charge in [-0.1, -0.05) is 0 Å². The minimum Gasteiger partial charge on any atom is -0.490 e. The van der Waals surface area contributed by atoms with Crippen LogP contribution in [-0.4, -0.2) is 72.7 Å². The summed E-state index contributed by atoms with van der Waals surface area (Å²) in [5.74, 6) is 0.370. The Morgan fingerprint density at radius 1 is 1.15 bits per heavy atom. The summed E-state index contributed by atoms with van der Waals surface area (Å²) >= 11 is 0. The first-order valence-electron chi connectivity index (χ1n) is 9.57. The van der Waals surface area contributed by atoms with Gasteiger partial charge in [0.2, 0.25) is 0 Å². The maximum Gasteiger partial charge on any atom is 0.317 e. The van der Waals surface area contributed by atoms with Gasteiger partial charge in [-0.15, -0.1) is 0 Å². The number of likely N-dealkylation sites (N-methyl/N-ethyl adjacent to an activating group) is 1. The van der Waals surface area contributed by atoms with Gasteiger partial charge in [0.1, 0.15) is 0 Å². The molecular formula is C20H30N2O5. The second-order valence-corrected chi connectivity index (χ2v) is 6.71. The Balaban J connectivity index is 2.06. The molecule has 2 rings (SSSR count). The maximum atomic E-state index is 13.0. The van der Waals surface area contributed by atoms with Crippen molar-refractivity contribution < 1.29 is 24.2 Å². The van der Waals surface area contributed by atoms with Crippen LogP contribution in [0.5, 0.6) is 11.5 Å². The number of rotatable bonds is 8. The third-order valence-corrected chi connectivity index (χ3v) is 4.78. The number of carboxylic acid groups (broad SMARTS) is 1. The molecule has 150 valence electrons. The quantitative estimate of drug-likeness (QED) is 0.749. The molecule has 1 amide bonds. The fraction of sp³-hybridized carbons (Fsp3) is 0.600. The second kappa shape index (κ2) is 10.2. The third-order valence-electron chi connectivity index (χ3n) is 4.78. The Morgan fingerprint density at radius 3 is 2.52 bits per heavy atom. The number of carboxylic acids is 1. The molecule has 1 aromatic carbocycles. The van der Waals surface area contributed by atoms with Crippen LogP contribution in [0.1, 0.15) is 43.5 Å². The molecule has 1 aliphatic rings. The first-order valence-corrected chi connectivity index (χ1v) is 9.57. The van der Waals surface area contributed by atoms with Crippen LogP contribution in [0, 0.1) is 0 Å². The number of carbonyl (C=O) groups is 2. The van der Waals surface area contributed by atoms with Crippen molar-refractivity contribution in [3.63, 3.8) is 0 Å². The molecule has 1 fully saturated rings. The molecule has 1 N–H and O–H groups in total. The highest BCUT2D eigenvalue weighted by Crippen LogP contribution is 2.29. The lowest BCUT2D eigenvalue weighted by Crippen LogP contribution is -2.37. The first kappa shape index (κ1) is 21.0. The maximum absolute atomic E-state index is 13.0. The molecule has 0 aromatic heterocycles. The molecule has 27 heavy (non-hydrogen) atoms. The molecule has 7 nitrogen and oxygen atoms in total. The van der Waals surface area contributed by atoms with Crippen molar-refractivity contribution in [1.82, 2.24) is 9.80 Å². The lowest BCUT2D eigenvalue weighted by atomic mass is 10.1. The van der Waals surface area contributed by atoms with E-state index in [2.05, 4.69) is 0 Å². The van der Waals surface area contributed by atoms with Gasteiger partial charge >= 0.3 is 5.97 Å². The number of hydrogen-bond donors (Lipinski definition) is 1. The molecule has 7 heteroatoms. The molecule has 1 atom stereocenters. The van der Waals surface area contributed by atoms with Crippen LogP contribution < -0.4 is 9.47 Å². The van der Waals surface area contributed by atoms with E-state index < -0.39 is 5.97 Å². The zero-order chi connectivity index (χ0) is 19.8. The zero-order valence-corrected chi connectivity index (χ0v) is 16.4. The van der Waals surface area contributed by atoms with Gasteiger partial charge in [0, 0.05) is 24.7 Å². The fourth-order valence-corrected chi connectivity index (χ4v) is 3.43. The molecule has 0 radical (unpaired) electrons. The highest BCUT2D eigenvalue weighted by molar-refractivity contribution is 5.95. The summed E-state index contributed by atoms with van der Waals surface area (Å²) in [5.41, 5.74) is 0.583. The zero-order valence-electron chi connectivity index (χ0n) is 16.4. The summed E-state index contributed by atoms with van der Waals surface area (Å²) in [4.78, 5) is 27.6. The van der Waals surface area contributed by atoms with Gasteiger partial charge in [0.15, 0.2) is 11.5 Å². The van der Waals surface area contributed by atoms with Crippen molar-refractivity contribution in [2.75, 3.05) is 39.9 Å². The van der Waals surface area contributed by atoms with Crippen LogP contribution in [-0.2, 0) is 4.79 Å². The standard InChI is InChI=1S/C20H30N2O5/c1-4-26-17-9-8-15(13-18(17)27-5-2)20(25)22-11-6-7-16(10-12-22)21(3)14-19(23)24/h8-9,13,16H,4-7,10-12,14H2,1-3H3,(H,23,24). The summed E-state index contributed by atoms with van der Waals surface area (Å²) in [6.45, 7) is 6.15. The predicted molar refractivity (Wildman–Crippen MR) is 103 cm³/mol. The Labute approximate surface area is 160 Å². The van der Waals surface area contributed by atoms with Crippen molar-refractivity contribution in [3.05, 3.63) is 23.8 Å². The van der Waals surface area contributed by atoms with Gasteiger partial charge in [0.25, 0.3) is 5.91 Å².